The van der Waals surface area contributed by atoms with E-state index in [1.165, 1.54) is 50.3 Å². The van der Waals surface area contributed by atoms with Gasteiger partial charge in [0, 0.05) is 28.9 Å². The van der Waals surface area contributed by atoms with E-state index in [9.17, 15) is 0 Å². The van der Waals surface area contributed by atoms with E-state index in [-0.39, 0.29) is 7.43 Å². The molecule has 0 amide bonds. The maximum atomic E-state index is 5.33. The summed E-state index contributed by atoms with van der Waals surface area (Å²) in [4.78, 5) is 2.62. The maximum Gasteiger partial charge on any atom is 0.118 e. The third-order valence-electron chi connectivity index (χ3n) is 11.1. The molecule has 6 aromatic carbocycles. The second kappa shape index (κ2) is 18.1. The van der Waals surface area contributed by atoms with Crippen molar-refractivity contribution in [3.05, 3.63) is 185 Å². The minimum atomic E-state index is -1.70. The molecule has 0 aromatic heterocycles. The van der Waals surface area contributed by atoms with Crippen LogP contribution in [0.1, 0.15) is 57.7 Å². The second-order valence-corrected chi connectivity index (χ2v) is 25.6. The Kier molecular flexibility index (Phi) is 13.7. The van der Waals surface area contributed by atoms with Gasteiger partial charge in [0.05, 0.1) is 12.8 Å². The Morgan fingerprint density at radius 1 is 0.600 bits per heavy atom. The highest BCUT2D eigenvalue weighted by Crippen LogP contribution is 2.42. The molecule has 2 unspecified atom stereocenters. The van der Waals surface area contributed by atoms with Crippen LogP contribution in [0.4, 0.5) is 11.4 Å². The van der Waals surface area contributed by atoms with Crippen LogP contribution in [0, 0.1) is 20.8 Å². The van der Waals surface area contributed by atoms with Crippen molar-refractivity contribution < 1.29 is 4.74 Å². The molecule has 2 atom stereocenters. The Morgan fingerprint density at radius 2 is 1.13 bits per heavy atom. The molecule has 2 aliphatic rings. The van der Waals surface area contributed by atoms with Crippen LogP contribution in [-0.2, 0) is 11.9 Å². The molecule has 1 N–H and O–H groups in total. The van der Waals surface area contributed by atoms with E-state index in [1.54, 1.807) is 17.5 Å². The summed E-state index contributed by atoms with van der Waals surface area (Å²) in [5, 5.41) is 7.82. The lowest BCUT2D eigenvalue weighted by Gasteiger charge is -2.34. The number of anilines is 2. The highest BCUT2D eigenvalue weighted by atomic mass is 79.9. The van der Waals surface area contributed by atoms with Crippen molar-refractivity contribution in [1.29, 1.82) is 0 Å². The van der Waals surface area contributed by atoms with Crippen molar-refractivity contribution in [3.63, 3.8) is 0 Å². The van der Waals surface area contributed by atoms with Gasteiger partial charge < -0.3 is 15.0 Å². The fourth-order valence-electron chi connectivity index (χ4n) is 8.06. The van der Waals surface area contributed by atoms with Crippen molar-refractivity contribution in [2.75, 3.05) is 17.3 Å². The second-order valence-electron chi connectivity index (χ2n) is 15.9. The number of hydrogen-bond acceptors (Lipinski definition) is 3. The Hall–Kier alpha value is -4.37. The number of methoxy groups -OCH3 is 1. The first-order valence-electron chi connectivity index (χ1n) is 19.0. The third kappa shape index (κ3) is 9.37. The molecule has 0 saturated carbocycles. The summed E-state index contributed by atoms with van der Waals surface area (Å²) in [6.07, 6.45) is 0. The quantitative estimate of drug-likeness (QED) is 0.134. The van der Waals surface area contributed by atoms with Gasteiger partial charge >= 0.3 is 0 Å². The van der Waals surface area contributed by atoms with Crippen LogP contribution in [0.3, 0.4) is 0 Å². The molecular formula is C49H59BrN2OSi2. The number of nitrogens with zero attached hydrogens (tertiary/aromatic N) is 1. The fourth-order valence-corrected chi connectivity index (χ4v) is 15.6. The molecule has 0 fully saturated rings. The van der Waals surface area contributed by atoms with E-state index < -0.39 is 16.1 Å². The molecule has 3 nitrogen and oxygen atoms in total. The van der Waals surface area contributed by atoms with Crippen molar-refractivity contribution in [2.45, 2.75) is 77.6 Å². The number of benzene rings is 6. The first-order chi connectivity index (χ1) is 25.9. The molecule has 0 saturated heterocycles. The number of alkyl halides is 1. The molecule has 6 heteroatoms. The van der Waals surface area contributed by atoms with Gasteiger partial charge in [-0.05, 0) is 77.7 Å². The number of hydrogen-bond donors (Lipinski definition) is 1. The number of aryl methyl sites for hydroxylation is 3. The van der Waals surface area contributed by atoms with E-state index in [0.717, 1.165) is 17.6 Å². The van der Waals surface area contributed by atoms with Crippen molar-refractivity contribution in [1.82, 2.24) is 0 Å². The fraction of sp³-hybridized carbons (Fsp3) is 0.265. The summed E-state index contributed by atoms with van der Waals surface area (Å²) in [6, 6.07) is 52.6. The Balaban J connectivity index is 0.000000178. The van der Waals surface area contributed by atoms with Crippen molar-refractivity contribution in [2.24, 2.45) is 0 Å². The predicted molar refractivity (Wildman–Crippen MR) is 248 cm³/mol. The van der Waals surface area contributed by atoms with Crippen LogP contribution >= 0.6 is 15.9 Å². The first-order valence-corrected chi connectivity index (χ1v) is 26.3. The standard InChI is InChI=1S/C24H27NOSi.C16H19NSi.C8H9Br.CH4/c1-18-10-15-22-23(16-18)27(3,4)24(20-8-6-5-7-9-20)25(22)17-19-11-13-21(26-2)14-12-19;1-12-9-10-14-15(11-12)18(2,3)16(17-14)13-7-5-4-6-8-13;1-7-2-4-8(6-9)5-3-7;/h5-16,24H,17H2,1-4H3;4-11,16-17H,1-3H3;2-5H,6H2,1H3;1H4. The van der Waals surface area contributed by atoms with Crippen LogP contribution in [-0.4, -0.2) is 23.3 Å². The average Bonchev–Trinajstić information content (AvgIpc) is 3.57. The molecule has 2 aliphatic heterocycles. The largest absolute Gasteiger partial charge is 0.497 e. The monoisotopic (exact) mass is 826 g/mol. The van der Waals surface area contributed by atoms with Crippen LogP contribution in [0.25, 0.3) is 0 Å². The molecule has 0 spiro atoms. The summed E-state index contributed by atoms with van der Waals surface area (Å²) in [5.41, 5.74) is 13.2. The Morgan fingerprint density at radius 3 is 1.71 bits per heavy atom. The lowest BCUT2D eigenvalue weighted by Crippen LogP contribution is -2.46. The summed E-state index contributed by atoms with van der Waals surface area (Å²) < 4.78 is 5.33. The highest BCUT2D eigenvalue weighted by Gasteiger charge is 2.47. The number of halogens is 1. The molecule has 55 heavy (non-hydrogen) atoms. The topological polar surface area (TPSA) is 24.5 Å². The molecule has 0 aliphatic carbocycles. The van der Waals surface area contributed by atoms with Gasteiger partial charge in [-0.2, -0.15) is 0 Å². The maximum absolute atomic E-state index is 5.33. The van der Waals surface area contributed by atoms with Gasteiger partial charge in [0.15, 0.2) is 0 Å². The van der Waals surface area contributed by atoms with Gasteiger partial charge in [-0.1, -0.05) is 188 Å². The van der Waals surface area contributed by atoms with E-state index in [4.69, 9.17) is 4.74 Å². The summed E-state index contributed by atoms with van der Waals surface area (Å²) in [6.45, 7) is 17.3. The van der Waals surface area contributed by atoms with Crippen molar-refractivity contribution >= 4 is 53.8 Å². The van der Waals surface area contributed by atoms with Gasteiger partial charge in [-0.25, -0.2) is 0 Å². The van der Waals surface area contributed by atoms with Gasteiger partial charge in [0.2, 0.25) is 0 Å². The van der Waals surface area contributed by atoms with E-state index in [2.05, 4.69) is 219 Å². The summed E-state index contributed by atoms with van der Waals surface area (Å²) in [5.74, 6) is 0.908. The van der Waals surface area contributed by atoms with E-state index >= 15 is 0 Å². The van der Waals surface area contributed by atoms with Crippen LogP contribution in [0.5, 0.6) is 5.75 Å². The average molecular weight is 828 g/mol. The van der Waals surface area contributed by atoms with Gasteiger partial charge in [-0.3, -0.25) is 0 Å². The minimum Gasteiger partial charge on any atom is -0.497 e. The smallest absolute Gasteiger partial charge is 0.118 e. The number of ether oxygens (including phenoxy) is 1. The van der Waals surface area contributed by atoms with Gasteiger partial charge in [0.1, 0.15) is 21.9 Å². The molecule has 8 rings (SSSR count). The number of nitrogens with one attached hydrogen (secondary N) is 1. The van der Waals surface area contributed by atoms with Crippen LogP contribution in [0.2, 0.25) is 26.2 Å². The molecule has 286 valence electrons. The molecular weight excluding hydrogens is 769 g/mol. The SMILES string of the molecule is C.COc1ccc(CN2c3ccc(C)cc3[Si](C)(C)C2c2ccccc2)cc1.Cc1ccc(CBr)cc1.Cc1ccc2c(c1)[Si](C)(C)C(c1ccccc1)N2. The van der Waals surface area contributed by atoms with E-state index in [1.807, 2.05) is 0 Å². The Labute approximate surface area is 342 Å². The zero-order valence-electron chi connectivity index (χ0n) is 33.2. The number of fused-ring (bicyclic) bond motifs is 2. The van der Waals surface area contributed by atoms with Gasteiger partial charge in [0.25, 0.3) is 0 Å². The lowest BCUT2D eigenvalue weighted by atomic mass is 10.1. The normalized spacial score (nSPS) is 16.9. The summed E-state index contributed by atoms with van der Waals surface area (Å²) >= 11 is 3.38. The molecule has 6 aromatic rings. The van der Waals surface area contributed by atoms with E-state index in [0.29, 0.717) is 11.3 Å². The molecule has 0 radical (unpaired) electrons. The predicted octanol–water partition coefficient (Wildman–Crippen LogP) is 12.4. The van der Waals surface area contributed by atoms with Crippen LogP contribution in [0.15, 0.2) is 146 Å². The first kappa shape index (κ1) is 41.8. The highest BCUT2D eigenvalue weighted by molar-refractivity contribution is 9.08. The zero-order valence-corrected chi connectivity index (χ0v) is 36.7. The minimum absolute atomic E-state index is 0. The molecule has 2 heterocycles. The molecule has 0 bridgehead atoms. The number of rotatable bonds is 6. The summed E-state index contributed by atoms with van der Waals surface area (Å²) in [7, 11) is -1.45. The van der Waals surface area contributed by atoms with Crippen molar-refractivity contribution in [3.8, 4) is 5.75 Å². The third-order valence-corrected chi connectivity index (χ3v) is 19.2. The van der Waals surface area contributed by atoms with Gasteiger partial charge in [-0.15, -0.1) is 0 Å². The lowest BCUT2D eigenvalue weighted by molar-refractivity contribution is 0.414. The Bertz CT molecular complexity index is 2140. The zero-order chi connectivity index (χ0) is 38.5. The van der Waals surface area contributed by atoms with Crippen LogP contribution < -0.4 is 25.3 Å².